The number of rotatable bonds is 7. The molecule has 0 aromatic heterocycles. The molecule has 1 rings (SSSR count). The lowest BCUT2D eigenvalue weighted by Gasteiger charge is -2.24. The van der Waals surface area contributed by atoms with E-state index < -0.39 is 16.0 Å². The molecular formula is C14H21NO5S. The van der Waals surface area contributed by atoms with E-state index in [1.165, 1.54) is 19.2 Å². The molecule has 0 aliphatic carbocycles. The Morgan fingerprint density at radius 1 is 1.33 bits per heavy atom. The highest BCUT2D eigenvalue weighted by molar-refractivity contribution is 7.89. The third-order valence-electron chi connectivity index (χ3n) is 3.11. The van der Waals surface area contributed by atoms with Gasteiger partial charge in [0.05, 0.1) is 17.6 Å². The van der Waals surface area contributed by atoms with E-state index in [1.54, 1.807) is 12.1 Å². The molecule has 0 bridgehead atoms. The monoisotopic (exact) mass is 315 g/mol. The largest absolute Gasteiger partial charge is 0.465 e. The smallest absolute Gasteiger partial charge is 0.339 e. The molecule has 1 aromatic carbocycles. The van der Waals surface area contributed by atoms with Crippen LogP contribution in [-0.2, 0) is 14.8 Å². The minimum Gasteiger partial charge on any atom is -0.465 e. The van der Waals surface area contributed by atoms with Crippen molar-refractivity contribution in [3.8, 4) is 0 Å². The first kappa shape index (κ1) is 17.6. The van der Waals surface area contributed by atoms with Gasteiger partial charge in [-0.3, -0.25) is 0 Å². The summed E-state index contributed by atoms with van der Waals surface area (Å²) in [5.74, 6) is -0.703. The summed E-state index contributed by atoms with van der Waals surface area (Å²) in [6.07, 6.45) is 0.466. The van der Waals surface area contributed by atoms with Crippen LogP contribution in [0.2, 0.25) is 0 Å². The number of ether oxygens (including phenoxy) is 1. The number of aliphatic hydroxyl groups is 1. The van der Waals surface area contributed by atoms with Gasteiger partial charge in [-0.1, -0.05) is 26.0 Å². The fraction of sp³-hybridized carbons (Fsp3) is 0.500. The molecule has 0 unspecified atom stereocenters. The van der Waals surface area contributed by atoms with Gasteiger partial charge in [0.2, 0.25) is 10.0 Å². The third kappa shape index (κ3) is 4.80. The summed E-state index contributed by atoms with van der Waals surface area (Å²) in [6.45, 7) is 3.83. The van der Waals surface area contributed by atoms with Crippen molar-refractivity contribution in [2.24, 2.45) is 5.41 Å². The Kier molecular flexibility index (Phi) is 5.88. The van der Waals surface area contributed by atoms with Crippen molar-refractivity contribution >= 4 is 16.0 Å². The summed E-state index contributed by atoms with van der Waals surface area (Å²) < 4.78 is 31.8. The minimum absolute atomic E-state index is 0.00698. The summed E-state index contributed by atoms with van der Waals surface area (Å²) in [5.41, 5.74) is -0.394. The minimum atomic E-state index is -3.83. The predicted molar refractivity (Wildman–Crippen MR) is 78.5 cm³/mol. The van der Waals surface area contributed by atoms with Crippen molar-refractivity contribution in [2.45, 2.75) is 25.2 Å². The molecule has 0 atom stereocenters. The Morgan fingerprint density at radius 2 is 1.95 bits per heavy atom. The number of benzene rings is 1. The lowest BCUT2D eigenvalue weighted by Crippen LogP contribution is -2.35. The Bertz CT molecular complexity index is 595. The van der Waals surface area contributed by atoms with Crippen LogP contribution in [0.3, 0.4) is 0 Å². The standard InChI is InChI=1S/C14H21NO5S/c1-14(2,8-9-16)10-15-21(18,19)12-7-5-4-6-11(12)13(17)20-3/h4-7,15-16H,8-10H2,1-3H3. The predicted octanol–water partition coefficient (Wildman–Crippen LogP) is 1.16. The van der Waals surface area contributed by atoms with Crippen LogP contribution in [0.25, 0.3) is 0 Å². The van der Waals surface area contributed by atoms with Gasteiger partial charge in [-0.05, 0) is 24.0 Å². The number of aliphatic hydroxyl groups excluding tert-OH is 1. The van der Waals surface area contributed by atoms with Gasteiger partial charge in [0.15, 0.2) is 0 Å². The summed E-state index contributed by atoms with van der Waals surface area (Å²) in [4.78, 5) is 11.5. The molecule has 0 saturated heterocycles. The number of carbonyl (C=O) groups is 1. The maximum atomic E-state index is 12.3. The van der Waals surface area contributed by atoms with Crippen molar-refractivity contribution in [3.05, 3.63) is 29.8 Å². The number of methoxy groups -OCH3 is 1. The van der Waals surface area contributed by atoms with Crippen molar-refractivity contribution in [1.82, 2.24) is 4.72 Å². The van der Waals surface area contributed by atoms with E-state index in [9.17, 15) is 13.2 Å². The summed E-state index contributed by atoms with van der Waals surface area (Å²) in [5, 5.41) is 8.96. The first-order chi connectivity index (χ1) is 9.73. The van der Waals surface area contributed by atoms with Crippen molar-refractivity contribution < 1.29 is 23.1 Å². The topological polar surface area (TPSA) is 92.7 Å². The molecule has 2 N–H and O–H groups in total. The molecule has 0 fully saturated rings. The Hall–Kier alpha value is -1.44. The van der Waals surface area contributed by atoms with Crippen LogP contribution in [0, 0.1) is 5.41 Å². The third-order valence-corrected chi connectivity index (χ3v) is 4.57. The van der Waals surface area contributed by atoms with Crippen molar-refractivity contribution in [2.75, 3.05) is 20.3 Å². The van der Waals surface area contributed by atoms with Crippen LogP contribution < -0.4 is 4.72 Å². The van der Waals surface area contributed by atoms with Gasteiger partial charge in [-0.2, -0.15) is 0 Å². The lowest BCUT2D eigenvalue weighted by atomic mass is 9.90. The van der Waals surface area contributed by atoms with Crippen LogP contribution in [0.4, 0.5) is 0 Å². The van der Waals surface area contributed by atoms with Gasteiger partial charge in [0, 0.05) is 13.2 Å². The zero-order valence-electron chi connectivity index (χ0n) is 12.4. The van der Waals surface area contributed by atoms with E-state index in [-0.39, 0.29) is 29.0 Å². The van der Waals surface area contributed by atoms with E-state index >= 15 is 0 Å². The highest BCUT2D eigenvalue weighted by Crippen LogP contribution is 2.21. The van der Waals surface area contributed by atoms with Gasteiger partial charge in [-0.15, -0.1) is 0 Å². The van der Waals surface area contributed by atoms with Gasteiger partial charge >= 0.3 is 5.97 Å². The van der Waals surface area contributed by atoms with Gasteiger partial charge in [0.25, 0.3) is 0 Å². The quantitative estimate of drug-likeness (QED) is 0.737. The summed E-state index contributed by atoms with van der Waals surface area (Å²) in [7, 11) is -2.63. The first-order valence-corrected chi connectivity index (χ1v) is 8.00. The number of hydrogen-bond donors (Lipinski definition) is 2. The average Bonchev–Trinajstić information content (AvgIpc) is 2.44. The molecule has 0 radical (unpaired) electrons. The van der Waals surface area contributed by atoms with Crippen molar-refractivity contribution in [3.63, 3.8) is 0 Å². The van der Waals surface area contributed by atoms with Crippen LogP contribution in [0.15, 0.2) is 29.2 Å². The molecule has 0 aliphatic heterocycles. The molecule has 0 heterocycles. The lowest BCUT2D eigenvalue weighted by molar-refractivity contribution is 0.0596. The zero-order chi connectivity index (χ0) is 16.1. The van der Waals surface area contributed by atoms with E-state index in [4.69, 9.17) is 5.11 Å². The van der Waals surface area contributed by atoms with Gasteiger partial charge < -0.3 is 9.84 Å². The van der Waals surface area contributed by atoms with Crippen LogP contribution in [0.1, 0.15) is 30.6 Å². The number of carbonyl (C=O) groups excluding carboxylic acids is 1. The van der Waals surface area contributed by atoms with E-state index in [1.807, 2.05) is 13.8 Å². The number of esters is 1. The highest BCUT2D eigenvalue weighted by atomic mass is 32.2. The average molecular weight is 315 g/mol. The molecule has 1 aromatic rings. The second-order valence-electron chi connectivity index (χ2n) is 5.45. The fourth-order valence-electron chi connectivity index (χ4n) is 1.74. The molecule has 0 saturated carbocycles. The Morgan fingerprint density at radius 3 is 2.52 bits per heavy atom. The number of sulfonamides is 1. The van der Waals surface area contributed by atoms with Gasteiger partial charge in [0.1, 0.15) is 0 Å². The molecule has 21 heavy (non-hydrogen) atoms. The van der Waals surface area contributed by atoms with Crippen LogP contribution >= 0.6 is 0 Å². The summed E-state index contributed by atoms with van der Waals surface area (Å²) in [6, 6.07) is 5.87. The first-order valence-electron chi connectivity index (χ1n) is 6.51. The second-order valence-corrected chi connectivity index (χ2v) is 7.19. The molecule has 7 heteroatoms. The molecular weight excluding hydrogens is 294 g/mol. The normalized spacial score (nSPS) is 12.2. The highest BCUT2D eigenvalue weighted by Gasteiger charge is 2.25. The molecule has 118 valence electrons. The summed E-state index contributed by atoms with van der Waals surface area (Å²) >= 11 is 0. The maximum Gasteiger partial charge on any atom is 0.339 e. The maximum absolute atomic E-state index is 12.3. The van der Waals surface area contributed by atoms with Gasteiger partial charge in [-0.25, -0.2) is 17.9 Å². The molecule has 0 aliphatic rings. The van der Waals surface area contributed by atoms with E-state index in [2.05, 4.69) is 9.46 Å². The SMILES string of the molecule is COC(=O)c1ccccc1S(=O)(=O)NCC(C)(C)CCO. The van der Waals surface area contributed by atoms with Crippen LogP contribution in [-0.4, -0.2) is 39.8 Å². The van der Waals surface area contributed by atoms with Crippen LogP contribution in [0.5, 0.6) is 0 Å². The number of nitrogens with one attached hydrogen (secondary N) is 1. The fourth-order valence-corrected chi connectivity index (χ4v) is 3.17. The van der Waals surface area contributed by atoms with E-state index in [0.717, 1.165) is 0 Å². The van der Waals surface area contributed by atoms with Crippen molar-refractivity contribution in [1.29, 1.82) is 0 Å². The Labute approximate surface area is 125 Å². The van der Waals surface area contributed by atoms with E-state index in [0.29, 0.717) is 6.42 Å². The number of hydrogen-bond acceptors (Lipinski definition) is 5. The Balaban J connectivity index is 3.02. The molecule has 0 spiro atoms. The molecule has 6 nitrogen and oxygen atoms in total. The second kappa shape index (κ2) is 7.02. The zero-order valence-corrected chi connectivity index (χ0v) is 13.2. The molecule has 0 amide bonds.